The summed E-state index contributed by atoms with van der Waals surface area (Å²) in [5, 5.41) is 20.8. The van der Waals surface area contributed by atoms with Gasteiger partial charge in [-0.25, -0.2) is 26.3 Å². The molecule has 7 nitrogen and oxygen atoms in total. The maximum absolute atomic E-state index is 13.6. The van der Waals surface area contributed by atoms with Gasteiger partial charge in [0.2, 0.25) is 12.2 Å². The highest BCUT2D eigenvalue weighted by molar-refractivity contribution is 5.80. The molecule has 0 unspecified atom stereocenters. The lowest BCUT2D eigenvalue weighted by atomic mass is 9.79. The van der Waals surface area contributed by atoms with Crippen LogP contribution in [0, 0.1) is 55.1 Å². The Kier molecular flexibility index (Phi) is 8.26. The quantitative estimate of drug-likeness (QED) is 0.269. The van der Waals surface area contributed by atoms with E-state index in [4.69, 9.17) is 0 Å². The number of carbonyl (C=O) groups excluding carboxylic acids is 1. The van der Waals surface area contributed by atoms with Crippen LogP contribution < -0.4 is 0 Å². The van der Waals surface area contributed by atoms with E-state index in [1.165, 1.54) is 0 Å². The molecule has 2 aromatic carbocycles. The topological polar surface area (TPSA) is 103 Å². The molecule has 1 saturated carbocycles. The normalized spacial score (nSPS) is 18.1. The molecule has 13 heteroatoms. The molecular weight excluding hydrogens is 462 g/mol. The molecule has 0 N–H and O–H groups in total. The molecule has 0 bridgehead atoms. The van der Waals surface area contributed by atoms with Gasteiger partial charge in [-0.15, -0.1) is 0 Å². The number of Topliss-reactive ketones (excluding diaryl/α,β-unsaturated/α-hetero) is 1. The Morgan fingerprint density at radius 3 is 1.94 bits per heavy atom. The van der Waals surface area contributed by atoms with Gasteiger partial charge in [-0.05, 0) is 12.1 Å². The average molecular weight is 476 g/mol. The summed E-state index contributed by atoms with van der Waals surface area (Å²) in [6.45, 7) is 0. The summed E-state index contributed by atoms with van der Waals surface area (Å²) in [7, 11) is 0. The third kappa shape index (κ3) is 6.60. The Morgan fingerprint density at radius 2 is 1.36 bits per heavy atom. The molecule has 0 spiro atoms. The molecule has 0 saturated heterocycles. The lowest BCUT2D eigenvalue weighted by Crippen LogP contribution is -2.34. The van der Waals surface area contributed by atoms with Gasteiger partial charge in [-0.2, -0.15) is 0 Å². The molecule has 2 aromatic rings. The predicted molar refractivity (Wildman–Crippen MR) is 101 cm³/mol. The highest BCUT2D eigenvalue weighted by Crippen LogP contribution is 2.35. The summed E-state index contributed by atoms with van der Waals surface area (Å²) in [6, 6.07) is 0.669. The minimum Gasteiger partial charge on any atom is -0.300 e. The van der Waals surface area contributed by atoms with Crippen LogP contribution in [0.15, 0.2) is 30.5 Å². The van der Waals surface area contributed by atoms with E-state index >= 15 is 0 Å². The zero-order chi connectivity index (χ0) is 24.9. The summed E-state index contributed by atoms with van der Waals surface area (Å²) in [5.74, 6) is -8.64. The first-order valence-corrected chi connectivity index (χ1v) is 9.16. The summed E-state index contributed by atoms with van der Waals surface area (Å²) >= 11 is 0. The Balaban J connectivity index is 0.000000245. The molecule has 0 heterocycles. The van der Waals surface area contributed by atoms with Gasteiger partial charge in [0, 0.05) is 53.5 Å². The van der Waals surface area contributed by atoms with Gasteiger partial charge >= 0.3 is 0 Å². The fourth-order valence-corrected chi connectivity index (χ4v) is 3.19. The number of benzene rings is 2. The largest absolute Gasteiger partial charge is 0.300 e. The second-order valence-corrected chi connectivity index (χ2v) is 6.92. The first kappa shape index (κ1) is 25.5. The van der Waals surface area contributed by atoms with Crippen LogP contribution in [0.3, 0.4) is 0 Å². The molecule has 1 fully saturated rings. The van der Waals surface area contributed by atoms with E-state index in [0.29, 0.717) is 30.5 Å². The van der Waals surface area contributed by atoms with Crippen molar-refractivity contribution in [3.05, 3.63) is 96.7 Å². The lowest BCUT2D eigenvalue weighted by Gasteiger charge is -2.25. The molecule has 176 valence electrons. The number of hydrogen-bond acceptors (Lipinski definition) is 5. The van der Waals surface area contributed by atoms with E-state index in [-0.39, 0.29) is 36.2 Å². The summed E-state index contributed by atoms with van der Waals surface area (Å²) < 4.78 is 77.3. The van der Waals surface area contributed by atoms with Crippen molar-refractivity contribution in [3.8, 4) is 0 Å². The van der Waals surface area contributed by atoms with Gasteiger partial charge in [0.25, 0.3) is 0 Å². The monoisotopic (exact) mass is 476 g/mol. The van der Waals surface area contributed by atoms with E-state index in [0.717, 1.165) is 6.08 Å². The zero-order valence-electron chi connectivity index (χ0n) is 16.4. The van der Waals surface area contributed by atoms with Crippen LogP contribution in [0.4, 0.5) is 26.3 Å². The van der Waals surface area contributed by atoms with E-state index in [1.807, 2.05) is 0 Å². The number of nitrogens with zero attached hydrogens (tertiary/aromatic N) is 2. The van der Waals surface area contributed by atoms with E-state index in [1.54, 1.807) is 0 Å². The number of halogens is 6. The fraction of sp³-hybridized carbons (Fsp3) is 0.250. The van der Waals surface area contributed by atoms with E-state index in [2.05, 4.69) is 0 Å². The molecule has 3 rings (SSSR count). The van der Waals surface area contributed by atoms with Gasteiger partial charge in [0.05, 0.1) is 10.8 Å². The maximum Gasteiger partial charge on any atom is 0.235 e. The number of nitro groups is 2. The first-order valence-electron chi connectivity index (χ1n) is 9.16. The summed E-state index contributed by atoms with van der Waals surface area (Å²) in [5.41, 5.74) is -0.686. The van der Waals surface area contributed by atoms with Crippen LogP contribution in [0.25, 0.3) is 6.08 Å². The minimum absolute atomic E-state index is 0.0189. The van der Waals surface area contributed by atoms with Crippen LogP contribution in [-0.4, -0.2) is 21.7 Å². The Labute approximate surface area is 181 Å². The van der Waals surface area contributed by atoms with Crippen LogP contribution in [0.1, 0.15) is 36.3 Å². The van der Waals surface area contributed by atoms with Crippen molar-refractivity contribution in [2.75, 3.05) is 0 Å². The van der Waals surface area contributed by atoms with Crippen molar-refractivity contribution in [3.63, 3.8) is 0 Å². The zero-order valence-corrected chi connectivity index (χ0v) is 16.4. The highest BCUT2D eigenvalue weighted by atomic mass is 19.2. The fourth-order valence-electron chi connectivity index (χ4n) is 3.19. The minimum atomic E-state index is -1.36. The van der Waals surface area contributed by atoms with Gasteiger partial charge in [0.15, 0.2) is 23.3 Å². The Morgan fingerprint density at radius 1 is 0.818 bits per heavy atom. The molecule has 0 aromatic heterocycles. The smallest absolute Gasteiger partial charge is 0.235 e. The molecule has 2 atom stereocenters. The van der Waals surface area contributed by atoms with Crippen molar-refractivity contribution in [1.82, 2.24) is 0 Å². The number of rotatable bonds is 4. The molecular formula is C20H14F6N2O5. The molecule has 0 aliphatic heterocycles. The number of hydrogen-bond donors (Lipinski definition) is 0. The second kappa shape index (κ2) is 10.7. The van der Waals surface area contributed by atoms with Gasteiger partial charge < -0.3 is 0 Å². The predicted octanol–water partition coefficient (Wildman–Crippen LogP) is 4.94. The first-order chi connectivity index (χ1) is 15.4. The van der Waals surface area contributed by atoms with Crippen molar-refractivity contribution in [1.29, 1.82) is 0 Å². The van der Waals surface area contributed by atoms with Crippen LogP contribution in [0.5, 0.6) is 0 Å². The number of carbonyl (C=O) groups is 1. The SMILES string of the molecule is O=C1CC[C@H]([N+](=O)[O-])[C@@H](c2cc(F)c(F)cc2F)C1.O=[N+]([O-])/C=C/c1cc(F)c(F)cc1F. The van der Waals surface area contributed by atoms with Gasteiger partial charge in [0.1, 0.15) is 17.4 Å². The lowest BCUT2D eigenvalue weighted by molar-refractivity contribution is -0.528. The van der Waals surface area contributed by atoms with Crippen LogP contribution >= 0.6 is 0 Å². The molecule has 0 radical (unpaired) electrons. The Hall–Kier alpha value is -3.77. The molecule has 1 aliphatic rings. The average Bonchev–Trinajstić information content (AvgIpc) is 2.72. The molecule has 33 heavy (non-hydrogen) atoms. The van der Waals surface area contributed by atoms with Crippen LogP contribution in [-0.2, 0) is 4.79 Å². The third-order valence-electron chi connectivity index (χ3n) is 4.76. The van der Waals surface area contributed by atoms with Gasteiger partial charge in [-0.3, -0.25) is 25.0 Å². The molecule has 1 aliphatic carbocycles. The Bertz CT molecular complexity index is 1120. The van der Waals surface area contributed by atoms with Crippen molar-refractivity contribution in [2.45, 2.75) is 31.2 Å². The maximum atomic E-state index is 13.6. The van der Waals surface area contributed by atoms with Crippen molar-refractivity contribution < 1.29 is 41.0 Å². The number of ketones is 1. The summed E-state index contributed by atoms with van der Waals surface area (Å²) in [4.78, 5) is 30.7. The van der Waals surface area contributed by atoms with E-state index in [9.17, 15) is 51.4 Å². The second-order valence-electron chi connectivity index (χ2n) is 6.92. The summed E-state index contributed by atoms with van der Waals surface area (Å²) in [6.07, 6.45) is 0.990. The third-order valence-corrected chi connectivity index (χ3v) is 4.76. The molecule has 0 amide bonds. The van der Waals surface area contributed by atoms with Crippen molar-refractivity contribution in [2.24, 2.45) is 0 Å². The van der Waals surface area contributed by atoms with Gasteiger partial charge in [-0.1, -0.05) is 0 Å². The van der Waals surface area contributed by atoms with Crippen molar-refractivity contribution >= 4 is 11.9 Å². The van der Waals surface area contributed by atoms with E-state index < -0.39 is 56.7 Å². The van der Waals surface area contributed by atoms with Crippen LogP contribution in [0.2, 0.25) is 0 Å². The highest BCUT2D eigenvalue weighted by Gasteiger charge is 2.40. The standard InChI is InChI=1S/C12H10F3NO3.C8H4F3NO2/c13-9-5-11(15)10(14)4-7(9)8-3-6(17)1-2-12(8)16(18)19;9-6-4-8(11)7(10)3-5(6)1-2-12(13)14/h4-5,8,12H,1-3H2;1-4H/b;2-1+/t8-,12+;/m1./s1.